The van der Waals surface area contributed by atoms with Crippen LogP contribution in [0.3, 0.4) is 0 Å². The molecule has 0 N–H and O–H groups in total. The molecular formula is C12H17NO2. The zero-order valence-electron chi connectivity index (χ0n) is 9.16. The number of aliphatic imine (C=N–C) groups is 1. The molecule has 1 aliphatic carbocycles. The Morgan fingerprint density at radius 1 is 1.60 bits per heavy atom. The van der Waals surface area contributed by atoms with Gasteiger partial charge in [-0.2, -0.15) is 0 Å². The summed E-state index contributed by atoms with van der Waals surface area (Å²) in [4.78, 5) is 15.9. The van der Waals surface area contributed by atoms with Crippen molar-refractivity contribution in [2.24, 2.45) is 10.9 Å². The monoisotopic (exact) mass is 207 g/mol. The second-order valence-electron chi connectivity index (χ2n) is 4.14. The average molecular weight is 207 g/mol. The van der Waals surface area contributed by atoms with E-state index in [9.17, 15) is 4.79 Å². The minimum absolute atomic E-state index is 0.189. The minimum atomic E-state index is -0.189. The van der Waals surface area contributed by atoms with Crippen LogP contribution in [0.5, 0.6) is 0 Å². The van der Waals surface area contributed by atoms with Crippen LogP contribution >= 0.6 is 0 Å². The highest BCUT2D eigenvalue weighted by Crippen LogP contribution is 2.30. The third-order valence-corrected chi connectivity index (χ3v) is 3.10. The van der Waals surface area contributed by atoms with Crippen LogP contribution in [0.25, 0.3) is 0 Å². The fourth-order valence-electron chi connectivity index (χ4n) is 2.30. The van der Waals surface area contributed by atoms with Crippen molar-refractivity contribution in [3.8, 4) is 0 Å². The summed E-state index contributed by atoms with van der Waals surface area (Å²) in [6, 6.07) is 0. The first-order chi connectivity index (χ1) is 7.31. The van der Waals surface area contributed by atoms with Gasteiger partial charge in [-0.15, -0.1) is 0 Å². The summed E-state index contributed by atoms with van der Waals surface area (Å²) in [6.45, 7) is 2.27. The van der Waals surface area contributed by atoms with Crippen molar-refractivity contribution < 1.29 is 9.53 Å². The lowest BCUT2D eigenvalue weighted by molar-refractivity contribution is -0.138. The predicted molar refractivity (Wildman–Crippen MR) is 58.7 cm³/mol. The quantitative estimate of drug-likeness (QED) is 0.652. The standard InChI is InChI=1S/C12H17NO2/c1-2-15-12(14)10-7-9-5-3-4-6-11(9)13-8-10/h8-9H,2-7H2,1H3. The third-order valence-electron chi connectivity index (χ3n) is 3.10. The van der Waals surface area contributed by atoms with Crippen molar-refractivity contribution in [3.63, 3.8) is 0 Å². The lowest BCUT2D eigenvalue weighted by Gasteiger charge is -2.26. The molecule has 0 bridgehead atoms. The summed E-state index contributed by atoms with van der Waals surface area (Å²) in [6.07, 6.45) is 7.33. The molecule has 1 atom stereocenters. The SMILES string of the molecule is CCOC(=O)C1=CN=C2CCCCC2C1. The molecular weight excluding hydrogens is 190 g/mol. The van der Waals surface area contributed by atoms with Crippen molar-refractivity contribution in [2.75, 3.05) is 6.61 Å². The normalized spacial score (nSPS) is 25.0. The first kappa shape index (κ1) is 10.4. The van der Waals surface area contributed by atoms with Gasteiger partial charge in [-0.05, 0) is 32.6 Å². The highest BCUT2D eigenvalue weighted by atomic mass is 16.5. The molecule has 1 aliphatic heterocycles. The second kappa shape index (κ2) is 4.60. The third kappa shape index (κ3) is 2.28. The summed E-state index contributed by atoms with van der Waals surface area (Å²) in [7, 11) is 0. The summed E-state index contributed by atoms with van der Waals surface area (Å²) in [5.74, 6) is 0.314. The molecule has 0 saturated heterocycles. The van der Waals surface area contributed by atoms with Crippen molar-refractivity contribution in [1.82, 2.24) is 0 Å². The van der Waals surface area contributed by atoms with Gasteiger partial charge in [-0.25, -0.2) is 4.79 Å². The Kier molecular flexibility index (Phi) is 3.19. The highest BCUT2D eigenvalue weighted by Gasteiger charge is 2.26. The van der Waals surface area contributed by atoms with E-state index in [1.807, 2.05) is 6.92 Å². The molecule has 3 heteroatoms. The van der Waals surface area contributed by atoms with Gasteiger partial charge in [-0.3, -0.25) is 4.99 Å². The Balaban J connectivity index is 2.07. The number of esters is 1. The average Bonchev–Trinajstić information content (AvgIpc) is 2.29. The molecule has 1 saturated carbocycles. The lowest BCUT2D eigenvalue weighted by atomic mass is 9.82. The van der Waals surface area contributed by atoms with Gasteiger partial charge < -0.3 is 4.74 Å². The van der Waals surface area contributed by atoms with Gasteiger partial charge in [0.25, 0.3) is 0 Å². The van der Waals surface area contributed by atoms with E-state index in [1.54, 1.807) is 6.20 Å². The van der Waals surface area contributed by atoms with E-state index in [-0.39, 0.29) is 5.97 Å². The molecule has 2 rings (SSSR count). The van der Waals surface area contributed by atoms with Gasteiger partial charge in [0, 0.05) is 17.8 Å². The molecule has 0 radical (unpaired) electrons. The van der Waals surface area contributed by atoms with Crippen LogP contribution in [-0.4, -0.2) is 18.3 Å². The van der Waals surface area contributed by atoms with Crippen LogP contribution in [0.4, 0.5) is 0 Å². The Bertz CT molecular complexity index is 318. The van der Waals surface area contributed by atoms with E-state index in [4.69, 9.17) is 4.74 Å². The van der Waals surface area contributed by atoms with Crippen LogP contribution in [0.2, 0.25) is 0 Å². The Hall–Kier alpha value is -1.12. The van der Waals surface area contributed by atoms with Crippen LogP contribution in [0.15, 0.2) is 16.8 Å². The smallest absolute Gasteiger partial charge is 0.335 e. The van der Waals surface area contributed by atoms with Gasteiger partial charge in [-0.1, -0.05) is 6.42 Å². The number of rotatable bonds is 2. The van der Waals surface area contributed by atoms with Crippen molar-refractivity contribution in [3.05, 3.63) is 11.8 Å². The fraction of sp³-hybridized carbons (Fsp3) is 0.667. The van der Waals surface area contributed by atoms with Crippen LogP contribution < -0.4 is 0 Å². The minimum Gasteiger partial charge on any atom is -0.463 e. The van der Waals surface area contributed by atoms with E-state index in [0.717, 1.165) is 18.4 Å². The lowest BCUT2D eigenvalue weighted by Crippen LogP contribution is -2.24. The maximum atomic E-state index is 11.5. The number of nitrogens with zero attached hydrogens (tertiary/aromatic N) is 1. The maximum Gasteiger partial charge on any atom is 0.335 e. The van der Waals surface area contributed by atoms with Crippen molar-refractivity contribution >= 4 is 11.7 Å². The molecule has 3 nitrogen and oxygen atoms in total. The Labute approximate surface area is 90.2 Å². The Morgan fingerprint density at radius 2 is 2.47 bits per heavy atom. The fourth-order valence-corrected chi connectivity index (χ4v) is 2.30. The largest absolute Gasteiger partial charge is 0.463 e. The number of hydrogen-bond donors (Lipinski definition) is 0. The van der Waals surface area contributed by atoms with Gasteiger partial charge in [0.05, 0.1) is 12.2 Å². The van der Waals surface area contributed by atoms with Gasteiger partial charge >= 0.3 is 5.97 Å². The first-order valence-electron chi connectivity index (χ1n) is 5.74. The highest BCUT2D eigenvalue weighted by molar-refractivity contribution is 5.95. The molecule has 1 fully saturated rings. The first-order valence-corrected chi connectivity index (χ1v) is 5.74. The molecule has 0 spiro atoms. The van der Waals surface area contributed by atoms with Crippen molar-refractivity contribution in [1.29, 1.82) is 0 Å². The van der Waals surface area contributed by atoms with Gasteiger partial charge in [0.2, 0.25) is 0 Å². The van der Waals surface area contributed by atoms with E-state index in [1.165, 1.54) is 25.0 Å². The summed E-state index contributed by atoms with van der Waals surface area (Å²) in [5.41, 5.74) is 2.03. The summed E-state index contributed by atoms with van der Waals surface area (Å²) >= 11 is 0. The summed E-state index contributed by atoms with van der Waals surface area (Å²) < 4.78 is 4.98. The maximum absolute atomic E-state index is 11.5. The molecule has 0 aromatic rings. The number of fused-ring (bicyclic) bond motifs is 1. The number of carbonyl (C=O) groups is 1. The Morgan fingerprint density at radius 3 is 3.27 bits per heavy atom. The molecule has 0 amide bonds. The van der Waals surface area contributed by atoms with Crippen LogP contribution in [0.1, 0.15) is 39.0 Å². The van der Waals surface area contributed by atoms with E-state index >= 15 is 0 Å². The van der Waals surface area contributed by atoms with Crippen LogP contribution in [0, 0.1) is 5.92 Å². The number of hydrogen-bond acceptors (Lipinski definition) is 3. The molecule has 0 aromatic heterocycles. The molecule has 82 valence electrons. The molecule has 2 aliphatic rings. The van der Waals surface area contributed by atoms with E-state index in [2.05, 4.69) is 4.99 Å². The number of carbonyl (C=O) groups excluding carboxylic acids is 1. The number of ether oxygens (including phenoxy) is 1. The summed E-state index contributed by atoms with van der Waals surface area (Å²) in [5, 5.41) is 0. The van der Waals surface area contributed by atoms with Crippen molar-refractivity contribution in [2.45, 2.75) is 39.0 Å². The molecule has 1 heterocycles. The van der Waals surface area contributed by atoms with Gasteiger partial charge in [0.15, 0.2) is 0 Å². The zero-order chi connectivity index (χ0) is 10.7. The predicted octanol–water partition coefficient (Wildman–Crippen LogP) is 2.47. The topological polar surface area (TPSA) is 38.7 Å². The zero-order valence-corrected chi connectivity index (χ0v) is 9.16. The van der Waals surface area contributed by atoms with E-state index in [0.29, 0.717) is 12.5 Å². The second-order valence-corrected chi connectivity index (χ2v) is 4.14. The van der Waals surface area contributed by atoms with Crippen LogP contribution in [-0.2, 0) is 9.53 Å². The molecule has 15 heavy (non-hydrogen) atoms. The molecule has 0 aromatic carbocycles. The van der Waals surface area contributed by atoms with E-state index < -0.39 is 0 Å². The molecule has 1 unspecified atom stereocenters. The van der Waals surface area contributed by atoms with Gasteiger partial charge in [0.1, 0.15) is 0 Å².